The number of aliphatic imine (C=N–C) groups is 1. The first-order valence-corrected chi connectivity index (χ1v) is 6.55. The van der Waals surface area contributed by atoms with E-state index in [1.807, 2.05) is 7.05 Å². The van der Waals surface area contributed by atoms with Crippen molar-refractivity contribution in [2.24, 2.45) is 10.4 Å². The standard InChI is InChI=1S/C13H28N4.HI/c1-13(2)7-10-17(11-13)12(14-3)15-8-6-9-16(4)5;/h6-11H2,1-5H3,(H,14,15);1H. The van der Waals surface area contributed by atoms with Gasteiger partial charge in [0.1, 0.15) is 0 Å². The number of likely N-dealkylation sites (tertiary alicyclic amines) is 1. The summed E-state index contributed by atoms with van der Waals surface area (Å²) >= 11 is 0. The summed E-state index contributed by atoms with van der Waals surface area (Å²) in [6, 6.07) is 0. The molecule has 1 N–H and O–H groups in total. The molecular weight excluding hydrogens is 339 g/mol. The molecule has 1 aliphatic rings. The summed E-state index contributed by atoms with van der Waals surface area (Å²) < 4.78 is 0. The van der Waals surface area contributed by atoms with Crippen LogP contribution < -0.4 is 5.32 Å². The van der Waals surface area contributed by atoms with Crippen LogP contribution in [0.25, 0.3) is 0 Å². The summed E-state index contributed by atoms with van der Waals surface area (Å²) in [5, 5.41) is 3.45. The van der Waals surface area contributed by atoms with E-state index in [2.05, 4.69) is 48.1 Å². The van der Waals surface area contributed by atoms with E-state index in [0.717, 1.165) is 38.6 Å². The number of hydrogen-bond acceptors (Lipinski definition) is 2. The fraction of sp³-hybridized carbons (Fsp3) is 0.923. The van der Waals surface area contributed by atoms with Crippen LogP contribution in [0.5, 0.6) is 0 Å². The Bertz CT molecular complexity index is 264. The number of nitrogens with one attached hydrogen (secondary N) is 1. The predicted octanol–water partition coefficient (Wildman–Crippen LogP) is 1.86. The SMILES string of the molecule is CN=C(NCCCN(C)C)N1CCC(C)(C)C1.I. The van der Waals surface area contributed by atoms with Crippen molar-refractivity contribution in [2.45, 2.75) is 26.7 Å². The maximum absolute atomic E-state index is 4.37. The molecule has 0 amide bonds. The van der Waals surface area contributed by atoms with Gasteiger partial charge in [0.2, 0.25) is 0 Å². The summed E-state index contributed by atoms with van der Waals surface area (Å²) in [7, 11) is 6.09. The lowest BCUT2D eigenvalue weighted by Crippen LogP contribution is -2.41. The van der Waals surface area contributed by atoms with Crippen molar-refractivity contribution in [2.75, 3.05) is 47.3 Å². The molecule has 0 saturated carbocycles. The lowest BCUT2D eigenvalue weighted by atomic mass is 9.93. The molecule has 5 heteroatoms. The Morgan fingerprint density at radius 1 is 1.39 bits per heavy atom. The average molecular weight is 368 g/mol. The average Bonchev–Trinajstić information content (AvgIpc) is 2.58. The van der Waals surface area contributed by atoms with Crippen molar-refractivity contribution in [3.8, 4) is 0 Å². The van der Waals surface area contributed by atoms with Crippen LogP contribution >= 0.6 is 24.0 Å². The van der Waals surface area contributed by atoms with Crippen LogP contribution in [0.15, 0.2) is 4.99 Å². The second-order valence-corrected chi connectivity index (χ2v) is 5.97. The topological polar surface area (TPSA) is 30.9 Å². The Balaban J connectivity index is 0.00000289. The van der Waals surface area contributed by atoms with Crippen LogP contribution in [0.1, 0.15) is 26.7 Å². The van der Waals surface area contributed by atoms with Crippen molar-refractivity contribution < 1.29 is 0 Å². The number of rotatable bonds is 4. The van der Waals surface area contributed by atoms with Gasteiger partial charge in [0.05, 0.1) is 0 Å². The Kier molecular flexibility index (Phi) is 8.18. The first-order chi connectivity index (χ1) is 7.94. The third-order valence-electron chi connectivity index (χ3n) is 3.25. The van der Waals surface area contributed by atoms with Crippen molar-refractivity contribution in [1.82, 2.24) is 15.1 Å². The number of hydrogen-bond donors (Lipinski definition) is 1. The van der Waals surface area contributed by atoms with Gasteiger partial charge in [-0.15, -0.1) is 24.0 Å². The minimum absolute atomic E-state index is 0. The molecule has 0 aromatic carbocycles. The summed E-state index contributed by atoms with van der Waals surface area (Å²) in [6.07, 6.45) is 2.41. The maximum atomic E-state index is 4.37. The van der Waals surface area contributed by atoms with Crippen molar-refractivity contribution in [3.63, 3.8) is 0 Å². The molecule has 1 saturated heterocycles. The van der Waals surface area contributed by atoms with Crippen LogP contribution in [0.3, 0.4) is 0 Å². The van der Waals surface area contributed by atoms with Gasteiger partial charge in [-0.2, -0.15) is 0 Å². The van der Waals surface area contributed by atoms with Crippen LogP contribution in [0.2, 0.25) is 0 Å². The molecular formula is C13H29IN4. The zero-order chi connectivity index (χ0) is 12.9. The second-order valence-electron chi connectivity index (χ2n) is 5.97. The van der Waals surface area contributed by atoms with Gasteiger partial charge in [-0.05, 0) is 38.9 Å². The molecule has 0 unspecified atom stereocenters. The lowest BCUT2D eigenvalue weighted by Gasteiger charge is -2.23. The highest BCUT2D eigenvalue weighted by Crippen LogP contribution is 2.28. The van der Waals surface area contributed by atoms with Gasteiger partial charge >= 0.3 is 0 Å². The van der Waals surface area contributed by atoms with Gasteiger partial charge in [-0.1, -0.05) is 13.8 Å². The predicted molar refractivity (Wildman–Crippen MR) is 89.9 cm³/mol. The van der Waals surface area contributed by atoms with Crippen molar-refractivity contribution >= 4 is 29.9 Å². The molecule has 0 aromatic heterocycles. The van der Waals surface area contributed by atoms with Crippen LogP contribution in [-0.4, -0.2) is 63.1 Å². The fourth-order valence-corrected chi connectivity index (χ4v) is 2.22. The van der Waals surface area contributed by atoms with E-state index in [1.54, 1.807) is 0 Å². The van der Waals surface area contributed by atoms with Gasteiger partial charge in [0, 0.05) is 26.7 Å². The van der Waals surface area contributed by atoms with Crippen LogP contribution in [-0.2, 0) is 0 Å². The van der Waals surface area contributed by atoms with Gasteiger partial charge < -0.3 is 15.1 Å². The fourth-order valence-electron chi connectivity index (χ4n) is 2.22. The molecule has 1 heterocycles. The Morgan fingerprint density at radius 2 is 2.06 bits per heavy atom. The highest BCUT2D eigenvalue weighted by molar-refractivity contribution is 14.0. The Morgan fingerprint density at radius 3 is 2.50 bits per heavy atom. The summed E-state index contributed by atoms with van der Waals surface area (Å²) in [4.78, 5) is 8.95. The summed E-state index contributed by atoms with van der Waals surface area (Å²) in [5.41, 5.74) is 0.432. The zero-order valence-corrected chi connectivity index (χ0v) is 14.8. The Labute approximate surface area is 129 Å². The smallest absolute Gasteiger partial charge is 0.193 e. The normalized spacial score (nSPS) is 19.0. The van der Waals surface area contributed by atoms with Gasteiger partial charge in [-0.3, -0.25) is 4.99 Å². The first-order valence-electron chi connectivity index (χ1n) is 6.55. The molecule has 1 rings (SSSR count). The molecule has 0 aliphatic carbocycles. The largest absolute Gasteiger partial charge is 0.356 e. The number of guanidine groups is 1. The molecule has 1 aliphatic heterocycles. The van der Waals surface area contributed by atoms with Gasteiger partial charge in [0.15, 0.2) is 5.96 Å². The molecule has 4 nitrogen and oxygen atoms in total. The van der Waals surface area contributed by atoms with E-state index in [1.165, 1.54) is 6.42 Å². The highest BCUT2D eigenvalue weighted by Gasteiger charge is 2.30. The molecule has 1 fully saturated rings. The molecule has 18 heavy (non-hydrogen) atoms. The lowest BCUT2D eigenvalue weighted by molar-refractivity contribution is 0.367. The summed E-state index contributed by atoms with van der Waals surface area (Å²) in [5.74, 6) is 1.06. The molecule has 0 radical (unpaired) electrons. The molecule has 0 bridgehead atoms. The Hall–Kier alpha value is -0.0400. The van der Waals surface area contributed by atoms with Gasteiger partial charge in [0.25, 0.3) is 0 Å². The molecule has 0 spiro atoms. The third kappa shape index (κ3) is 6.22. The third-order valence-corrected chi connectivity index (χ3v) is 3.25. The number of nitrogens with zero attached hydrogens (tertiary/aromatic N) is 3. The van der Waals surface area contributed by atoms with E-state index >= 15 is 0 Å². The van der Waals surface area contributed by atoms with E-state index in [0.29, 0.717) is 5.41 Å². The van der Waals surface area contributed by atoms with Crippen molar-refractivity contribution in [1.29, 1.82) is 0 Å². The monoisotopic (exact) mass is 368 g/mol. The van der Waals surface area contributed by atoms with E-state index < -0.39 is 0 Å². The van der Waals surface area contributed by atoms with E-state index in [-0.39, 0.29) is 24.0 Å². The van der Waals surface area contributed by atoms with Crippen molar-refractivity contribution in [3.05, 3.63) is 0 Å². The maximum Gasteiger partial charge on any atom is 0.193 e. The second kappa shape index (κ2) is 8.19. The highest BCUT2D eigenvalue weighted by atomic mass is 127. The van der Waals surface area contributed by atoms with E-state index in [9.17, 15) is 0 Å². The minimum Gasteiger partial charge on any atom is -0.356 e. The van der Waals surface area contributed by atoms with Gasteiger partial charge in [-0.25, -0.2) is 0 Å². The number of halogens is 1. The minimum atomic E-state index is 0. The first kappa shape index (κ1) is 18.0. The van der Waals surface area contributed by atoms with Crippen LogP contribution in [0, 0.1) is 5.41 Å². The zero-order valence-electron chi connectivity index (χ0n) is 12.5. The molecule has 108 valence electrons. The quantitative estimate of drug-likeness (QED) is 0.356. The van der Waals surface area contributed by atoms with E-state index in [4.69, 9.17) is 0 Å². The molecule has 0 atom stereocenters. The van der Waals surface area contributed by atoms with Crippen LogP contribution in [0.4, 0.5) is 0 Å². The molecule has 0 aromatic rings. The summed E-state index contributed by atoms with van der Waals surface area (Å²) in [6.45, 7) is 9.01.